The van der Waals surface area contributed by atoms with Crippen LogP contribution in [-0.4, -0.2) is 70.5 Å². The van der Waals surface area contributed by atoms with Crippen LogP contribution in [0.5, 0.6) is 0 Å². The summed E-state index contributed by atoms with van der Waals surface area (Å²) in [6, 6.07) is 0.800. The van der Waals surface area contributed by atoms with E-state index in [1.807, 2.05) is 0 Å². The van der Waals surface area contributed by atoms with Crippen LogP contribution in [0.25, 0.3) is 11.3 Å². The van der Waals surface area contributed by atoms with Gasteiger partial charge in [0.2, 0.25) is 11.3 Å². The van der Waals surface area contributed by atoms with Gasteiger partial charge in [0.1, 0.15) is 0 Å². The lowest BCUT2D eigenvalue weighted by Crippen LogP contribution is -2.50. The second-order valence-corrected chi connectivity index (χ2v) is 7.44. The van der Waals surface area contributed by atoms with E-state index in [-0.39, 0.29) is 0 Å². The maximum atomic E-state index is 4.84. The Kier molecular flexibility index (Phi) is 3.92. The van der Waals surface area contributed by atoms with Crippen molar-refractivity contribution in [2.24, 2.45) is 0 Å². The Morgan fingerprint density at radius 3 is 1.84 bits per heavy atom. The van der Waals surface area contributed by atoms with Crippen molar-refractivity contribution in [2.75, 3.05) is 49.1 Å². The Morgan fingerprint density at radius 2 is 1.24 bits per heavy atom. The number of hydrogen-bond acceptors (Lipinski definition) is 8. The molecule has 0 amide bonds. The minimum Gasteiger partial charge on any atom is -0.353 e. The first-order valence-corrected chi connectivity index (χ1v) is 9.63. The van der Waals surface area contributed by atoms with Gasteiger partial charge in [-0.05, 0) is 36.0 Å². The summed E-state index contributed by atoms with van der Waals surface area (Å²) in [5.41, 5.74) is 1.02. The standard InChI is InChI=1S/C17H25N7O/c1-2-6-13(5-1)22-9-11-24(12-10-22)17-16(23-7-3-4-8-23)18-14-15(19-17)21-25-20-14/h13H,1-12H2. The molecule has 0 spiro atoms. The molecule has 2 saturated heterocycles. The van der Waals surface area contributed by atoms with E-state index < -0.39 is 0 Å². The van der Waals surface area contributed by atoms with Gasteiger partial charge >= 0.3 is 0 Å². The largest absolute Gasteiger partial charge is 0.353 e. The third-order valence-electron chi connectivity index (χ3n) is 5.94. The summed E-state index contributed by atoms with van der Waals surface area (Å²) in [4.78, 5) is 16.9. The average molecular weight is 343 g/mol. The second-order valence-electron chi connectivity index (χ2n) is 7.44. The third kappa shape index (κ3) is 2.82. The lowest BCUT2D eigenvalue weighted by Gasteiger charge is -2.39. The van der Waals surface area contributed by atoms with Gasteiger partial charge in [-0.25, -0.2) is 14.6 Å². The van der Waals surface area contributed by atoms with Gasteiger partial charge < -0.3 is 9.80 Å². The highest BCUT2D eigenvalue weighted by Crippen LogP contribution is 2.31. The van der Waals surface area contributed by atoms with Crippen molar-refractivity contribution in [1.29, 1.82) is 0 Å². The minimum absolute atomic E-state index is 0.509. The highest BCUT2D eigenvalue weighted by molar-refractivity contribution is 5.75. The molecule has 2 aromatic heterocycles. The van der Waals surface area contributed by atoms with E-state index in [0.717, 1.165) is 56.9 Å². The summed E-state index contributed by atoms with van der Waals surface area (Å²) in [5, 5.41) is 7.79. The summed E-state index contributed by atoms with van der Waals surface area (Å²) in [5.74, 6) is 1.91. The molecule has 3 fully saturated rings. The number of nitrogens with zero attached hydrogens (tertiary/aromatic N) is 7. The van der Waals surface area contributed by atoms with Gasteiger partial charge in [-0.1, -0.05) is 12.8 Å². The molecule has 5 rings (SSSR count). The van der Waals surface area contributed by atoms with Crippen molar-refractivity contribution in [1.82, 2.24) is 25.2 Å². The first kappa shape index (κ1) is 15.3. The molecule has 2 aliphatic heterocycles. The molecule has 134 valence electrons. The van der Waals surface area contributed by atoms with Crippen LogP contribution in [0, 0.1) is 0 Å². The Balaban J connectivity index is 1.40. The number of anilines is 2. The van der Waals surface area contributed by atoms with Crippen LogP contribution in [0.2, 0.25) is 0 Å². The fourth-order valence-electron chi connectivity index (χ4n) is 4.54. The molecule has 3 aliphatic rings. The predicted octanol–water partition coefficient (Wildman–Crippen LogP) is 1.68. The highest BCUT2D eigenvalue weighted by Gasteiger charge is 2.30. The van der Waals surface area contributed by atoms with Crippen LogP contribution in [0.1, 0.15) is 38.5 Å². The Hall–Kier alpha value is -1.96. The van der Waals surface area contributed by atoms with Crippen molar-refractivity contribution in [3.63, 3.8) is 0 Å². The SMILES string of the molecule is C1CCC(N2CCN(c3nc4nonc4nc3N3CCCC3)CC2)C1. The number of rotatable bonds is 3. The van der Waals surface area contributed by atoms with Crippen LogP contribution in [0.15, 0.2) is 4.63 Å². The molecule has 0 N–H and O–H groups in total. The van der Waals surface area contributed by atoms with Crippen LogP contribution >= 0.6 is 0 Å². The van der Waals surface area contributed by atoms with Crippen molar-refractivity contribution in [3.8, 4) is 0 Å². The minimum atomic E-state index is 0.509. The van der Waals surface area contributed by atoms with E-state index in [9.17, 15) is 0 Å². The summed E-state index contributed by atoms with van der Waals surface area (Å²) in [7, 11) is 0. The van der Waals surface area contributed by atoms with E-state index in [2.05, 4.69) is 25.0 Å². The Morgan fingerprint density at radius 1 is 0.680 bits per heavy atom. The zero-order valence-corrected chi connectivity index (χ0v) is 14.6. The maximum Gasteiger partial charge on any atom is 0.245 e. The van der Waals surface area contributed by atoms with E-state index in [4.69, 9.17) is 14.6 Å². The van der Waals surface area contributed by atoms with Gasteiger partial charge in [0.15, 0.2) is 11.6 Å². The number of fused-ring (bicyclic) bond motifs is 1. The molecule has 0 radical (unpaired) electrons. The van der Waals surface area contributed by atoms with E-state index in [1.54, 1.807) is 0 Å². The lowest BCUT2D eigenvalue weighted by atomic mass is 10.2. The molecule has 0 aromatic carbocycles. The lowest BCUT2D eigenvalue weighted by molar-refractivity contribution is 0.187. The fraction of sp³-hybridized carbons (Fsp3) is 0.765. The maximum absolute atomic E-state index is 4.84. The second kappa shape index (κ2) is 6.40. The normalized spacial score (nSPS) is 23.2. The Bertz CT molecular complexity index is 728. The predicted molar refractivity (Wildman–Crippen MR) is 94.9 cm³/mol. The van der Waals surface area contributed by atoms with Gasteiger partial charge in [0, 0.05) is 45.3 Å². The number of aromatic nitrogens is 4. The quantitative estimate of drug-likeness (QED) is 0.833. The molecule has 1 saturated carbocycles. The summed E-state index contributed by atoms with van der Waals surface area (Å²) < 4.78 is 4.84. The third-order valence-corrected chi connectivity index (χ3v) is 5.94. The first-order chi connectivity index (χ1) is 12.4. The van der Waals surface area contributed by atoms with Crippen molar-refractivity contribution in [2.45, 2.75) is 44.6 Å². The van der Waals surface area contributed by atoms with E-state index in [1.165, 1.54) is 38.5 Å². The summed E-state index contributed by atoms with van der Waals surface area (Å²) in [6.45, 7) is 6.31. The Labute approximate surface area is 147 Å². The molecule has 8 heteroatoms. The van der Waals surface area contributed by atoms with Gasteiger partial charge in [0.05, 0.1) is 0 Å². The zero-order valence-electron chi connectivity index (χ0n) is 14.6. The molecule has 8 nitrogen and oxygen atoms in total. The van der Waals surface area contributed by atoms with Crippen molar-refractivity contribution < 1.29 is 4.63 Å². The molecule has 0 atom stereocenters. The summed E-state index contributed by atoms with van der Waals surface area (Å²) in [6.07, 6.45) is 7.96. The monoisotopic (exact) mass is 343 g/mol. The fourth-order valence-corrected chi connectivity index (χ4v) is 4.54. The molecule has 4 heterocycles. The zero-order chi connectivity index (χ0) is 16.6. The average Bonchev–Trinajstić information content (AvgIpc) is 3.43. The smallest absolute Gasteiger partial charge is 0.245 e. The van der Waals surface area contributed by atoms with Crippen LogP contribution in [0.4, 0.5) is 11.6 Å². The molecule has 25 heavy (non-hydrogen) atoms. The molecule has 0 bridgehead atoms. The van der Waals surface area contributed by atoms with Crippen LogP contribution in [0.3, 0.4) is 0 Å². The topological polar surface area (TPSA) is 74.4 Å². The van der Waals surface area contributed by atoms with E-state index in [0.29, 0.717) is 11.3 Å². The van der Waals surface area contributed by atoms with Gasteiger partial charge in [0.25, 0.3) is 0 Å². The van der Waals surface area contributed by atoms with E-state index >= 15 is 0 Å². The van der Waals surface area contributed by atoms with Gasteiger partial charge in [-0.3, -0.25) is 4.90 Å². The van der Waals surface area contributed by atoms with Crippen LogP contribution in [-0.2, 0) is 0 Å². The molecule has 0 unspecified atom stereocenters. The number of hydrogen-bond donors (Lipinski definition) is 0. The first-order valence-electron chi connectivity index (χ1n) is 9.63. The van der Waals surface area contributed by atoms with Crippen molar-refractivity contribution >= 4 is 22.9 Å². The van der Waals surface area contributed by atoms with Gasteiger partial charge in [-0.15, -0.1) is 0 Å². The summed E-state index contributed by atoms with van der Waals surface area (Å²) >= 11 is 0. The number of piperazine rings is 1. The highest BCUT2D eigenvalue weighted by atomic mass is 16.6. The van der Waals surface area contributed by atoms with Gasteiger partial charge in [-0.2, -0.15) is 0 Å². The molecule has 2 aromatic rings. The molecule has 1 aliphatic carbocycles. The van der Waals surface area contributed by atoms with Crippen molar-refractivity contribution in [3.05, 3.63) is 0 Å². The molecular formula is C17H25N7O. The molecular weight excluding hydrogens is 318 g/mol. The van der Waals surface area contributed by atoms with Crippen LogP contribution < -0.4 is 9.80 Å².